The maximum atomic E-state index is 11.8. The van der Waals surface area contributed by atoms with Crippen LogP contribution in [0.2, 0.25) is 0 Å². The van der Waals surface area contributed by atoms with E-state index >= 15 is 0 Å². The molecule has 0 aliphatic carbocycles. The van der Waals surface area contributed by atoms with Crippen molar-refractivity contribution in [2.24, 2.45) is 0 Å². The number of fused-ring (bicyclic) bond motifs is 1. The minimum Gasteiger partial charge on any atom is -0.350 e. The Morgan fingerprint density at radius 3 is 2.79 bits per heavy atom. The van der Waals surface area contributed by atoms with Crippen molar-refractivity contribution in [3.8, 4) is 0 Å². The van der Waals surface area contributed by atoms with Gasteiger partial charge in [0.05, 0.1) is 6.04 Å². The molecule has 2 heteroatoms. The highest BCUT2D eigenvalue weighted by Crippen LogP contribution is 2.24. The number of amides is 1. The molecule has 2 rings (SSSR count). The lowest BCUT2D eigenvalue weighted by Crippen LogP contribution is -2.26. The fourth-order valence-electron chi connectivity index (χ4n) is 2.25. The van der Waals surface area contributed by atoms with Crippen LogP contribution in [0.15, 0.2) is 55.1 Å². The molecule has 0 fully saturated rings. The van der Waals surface area contributed by atoms with Crippen molar-refractivity contribution in [1.82, 2.24) is 5.32 Å². The number of nitrogens with one attached hydrogen (secondary N) is 1. The lowest BCUT2D eigenvalue weighted by atomic mass is 9.99. The van der Waals surface area contributed by atoms with E-state index in [1.54, 1.807) is 6.08 Å². The van der Waals surface area contributed by atoms with E-state index < -0.39 is 0 Å². The van der Waals surface area contributed by atoms with E-state index in [1.165, 1.54) is 10.8 Å². The molecule has 0 radical (unpaired) electrons. The summed E-state index contributed by atoms with van der Waals surface area (Å²) in [5, 5.41) is 5.43. The molecule has 2 aromatic rings. The predicted molar refractivity (Wildman–Crippen MR) is 79.9 cm³/mol. The summed E-state index contributed by atoms with van der Waals surface area (Å²) < 4.78 is 0. The Balaban J connectivity index is 2.19. The summed E-state index contributed by atoms with van der Waals surface area (Å²) in [4.78, 5) is 11.8. The second kappa shape index (κ2) is 6.19. The molecule has 19 heavy (non-hydrogen) atoms. The van der Waals surface area contributed by atoms with Crippen molar-refractivity contribution in [2.75, 3.05) is 0 Å². The van der Waals surface area contributed by atoms with Gasteiger partial charge in [-0.05, 0) is 29.7 Å². The highest BCUT2D eigenvalue weighted by atomic mass is 16.1. The molecule has 0 aliphatic heterocycles. The number of rotatable bonds is 5. The Kier molecular flexibility index (Phi) is 4.35. The van der Waals surface area contributed by atoms with Crippen LogP contribution in [-0.2, 0) is 4.79 Å². The monoisotopic (exact) mass is 253 g/mol. The number of carbonyl (C=O) groups is 1. The molecule has 0 spiro atoms. The molecule has 0 aliphatic rings. The van der Waals surface area contributed by atoms with E-state index in [-0.39, 0.29) is 11.9 Å². The third-order valence-electron chi connectivity index (χ3n) is 3.24. The zero-order chi connectivity index (χ0) is 13.7. The summed E-state index contributed by atoms with van der Waals surface area (Å²) >= 11 is 0. The summed E-state index contributed by atoms with van der Waals surface area (Å²) in [6.07, 6.45) is 2.98. The van der Waals surface area contributed by atoms with Gasteiger partial charge in [0.2, 0.25) is 5.91 Å². The first-order chi connectivity index (χ1) is 9.22. The third kappa shape index (κ3) is 3.22. The minimum absolute atomic E-state index is 0.0171. The number of benzene rings is 2. The van der Waals surface area contributed by atoms with Gasteiger partial charge in [-0.2, -0.15) is 0 Å². The van der Waals surface area contributed by atoms with E-state index in [9.17, 15) is 4.79 Å². The zero-order valence-corrected chi connectivity index (χ0v) is 11.2. The highest BCUT2D eigenvalue weighted by molar-refractivity contribution is 5.86. The molecule has 0 heterocycles. The average molecular weight is 253 g/mol. The summed E-state index contributed by atoms with van der Waals surface area (Å²) in [5.41, 5.74) is 1.16. The standard InChI is InChI=1S/C17H19NO/c1-3-4-12-17(19)18-13(2)15-11-7-9-14-8-5-6-10-16(14)15/h3,5-11,13H,1,4,12H2,2H3,(H,18,19). The van der Waals surface area contributed by atoms with E-state index in [1.807, 2.05) is 25.1 Å². The summed E-state index contributed by atoms with van der Waals surface area (Å²) in [5.74, 6) is 0.0698. The SMILES string of the molecule is C=CCCC(=O)NC(C)c1cccc2ccccc12. The Bertz CT molecular complexity index is 583. The van der Waals surface area contributed by atoms with Crippen LogP contribution in [0.25, 0.3) is 10.8 Å². The third-order valence-corrected chi connectivity index (χ3v) is 3.24. The van der Waals surface area contributed by atoms with Gasteiger partial charge in [-0.1, -0.05) is 48.5 Å². The molecule has 98 valence electrons. The van der Waals surface area contributed by atoms with Gasteiger partial charge in [0.25, 0.3) is 0 Å². The Hall–Kier alpha value is -2.09. The minimum atomic E-state index is 0.0171. The first kappa shape index (κ1) is 13.3. The van der Waals surface area contributed by atoms with Crippen LogP contribution in [0.3, 0.4) is 0 Å². The Morgan fingerprint density at radius 2 is 2.00 bits per heavy atom. The van der Waals surface area contributed by atoms with Crippen LogP contribution in [0, 0.1) is 0 Å². The van der Waals surface area contributed by atoms with Gasteiger partial charge in [-0.25, -0.2) is 0 Å². The maximum Gasteiger partial charge on any atom is 0.220 e. The maximum absolute atomic E-state index is 11.8. The Morgan fingerprint density at radius 1 is 1.26 bits per heavy atom. The van der Waals surface area contributed by atoms with E-state index in [0.717, 1.165) is 5.56 Å². The summed E-state index contributed by atoms with van der Waals surface area (Å²) in [7, 11) is 0. The molecular formula is C17H19NO. The first-order valence-corrected chi connectivity index (χ1v) is 6.60. The molecule has 1 unspecified atom stereocenters. The topological polar surface area (TPSA) is 29.1 Å². The molecule has 2 nitrogen and oxygen atoms in total. The van der Waals surface area contributed by atoms with Gasteiger partial charge < -0.3 is 5.32 Å². The van der Waals surface area contributed by atoms with Crippen molar-refractivity contribution in [3.05, 3.63) is 60.7 Å². The van der Waals surface area contributed by atoms with Crippen molar-refractivity contribution >= 4 is 16.7 Å². The fraction of sp³-hybridized carbons (Fsp3) is 0.235. The van der Waals surface area contributed by atoms with Crippen LogP contribution < -0.4 is 5.32 Å². The lowest BCUT2D eigenvalue weighted by Gasteiger charge is -2.16. The number of hydrogen-bond donors (Lipinski definition) is 1. The van der Waals surface area contributed by atoms with Crippen LogP contribution >= 0.6 is 0 Å². The van der Waals surface area contributed by atoms with Gasteiger partial charge in [-0.3, -0.25) is 4.79 Å². The van der Waals surface area contributed by atoms with Gasteiger partial charge in [0, 0.05) is 6.42 Å². The van der Waals surface area contributed by atoms with Crippen LogP contribution in [0.4, 0.5) is 0 Å². The zero-order valence-electron chi connectivity index (χ0n) is 11.2. The van der Waals surface area contributed by atoms with Gasteiger partial charge in [-0.15, -0.1) is 6.58 Å². The fourth-order valence-corrected chi connectivity index (χ4v) is 2.25. The second-order valence-electron chi connectivity index (χ2n) is 4.68. The highest BCUT2D eigenvalue weighted by Gasteiger charge is 2.11. The molecule has 2 aromatic carbocycles. The van der Waals surface area contributed by atoms with Crippen LogP contribution in [0.5, 0.6) is 0 Å². The summed E-state index contributed by atoms with van der Waals surface area (Å²) in [6, 6.07) is 14.4. The molecule has 1 atom stereocenters. The van der Waals surface area contributed by atoms with Crippen molar-refractivity contribution < 1.29 is 4.79 Å². The van der Waals surface area contributed by atoms with E-state index in [4.69, 9.17) is 0 Å². The van der Waals surface area contributed by atoms with Gasteiger partial charge in [0.15, 0.2) is 0 Å². The predicted octanol–water partition coefficient (Wildman–Crippen LogP) is 3.98. The van der Waals surface area contributed by atoms with Crippen LogP contribution in [0.1, 0.15) is 31.4 Å². The number of allylic oxidation sites excluding steroid dienone is 1. The smallest absolute Gasteiger partial charge is 0.220 e. The van der Waals surface area contributed by atoms with Gasteiger partial charge in [0.1, 0.15) is 0 Å². The van der Waals surface area contributed by atoms with Crippen molar-refractivity contribution in [1.29, 1.82) is 0 Å². The normalized spacial score (nSPS) is 12.1. The molecule has 1 N–H and O–H groups in total. The molecular weight excluding hydrogens is 234 g/mol. The second-order valence-corrected chi connectivity index (χ2v) is 4.68. The number of carbonyl (C=O) groups excluding carboxylic acids is 1. The van der Waals surface area contributed by atoms with Crippen molar-refractivity contribution in [3.63, 3.8) is 0 Å². The molecule has 0 saturated heterocycles. The molecule has 0 aromatic heterocycles. The largest absolute Gasteiger partial charge is 0.350 e. The van der Waals surface area contributed by atoms with E-state index in [0.29, 0.717) is 12.8 Å². The molecule has 0 saturated carbocycles. The first-order valence-electron chi connectivity index (χ1n) is 6.60. The molecule has 1 amide bonds. The quantitative estimate of drug-likeness (QED) is 0.802. The molecule has 0 bridgehead atoms. The average Bonchev–Trinajstić information content (AvgIpc) is 2.44. The summed E-state index contributed by atoms with van der Waals surface area (Å²) in [6.45, 7) is 5.65. The van der Waals surface area contributed by atoms with Crippen molar-refractivity contribution in [2.45, 2.75) is 25.8 Å². The van der Waals surface area contributed by atoms with Gasteiger partial charge >= 0.3 is 0 Å². The van der Waals surface area contributed by atoms with Crippen LogP contribution in [-0.4, -0.2) is 5.91 Å². The Labute approximate surface area is 114 Å². The number of hydrogen-bond acceptors (Lipinski definition) is 1. The van der Waals surface area contributed by atoms with E-state index in [2.05, 4.69) is 36.2 Å². The lowest BCUT2D eigenvalue weighted by molar-refractivity contribution is -0.121.